The van der Waals surface area contributed by atoms with Crippen molar-refractivity contribution in [3.63, 3.8) is 0 Å². The van der Waals surface area contributed by atoms with Crippen molar-refractivity contribution >= 4 is 43.5 Å². The van der Waals surface area contributed by atoms with Crippen LogP contribution in [-0.4, -0.2) is 58.5 Å². The summed E-state index contributed by atoms with van der Waals surface area (Å²) in [6.45, 7) is 1.97. The normalized spacial score (nSPS) is 11.7. The fourth-order valence-corrected chi connectivity index (χ4v) is 6.99. The van der Waals surface area contributed by atoms with Crippen LogP contribution in [0.3, 0.4) is 0 Å². The van der Waals surface area contributed by atoms with E-state index in [9.17, 15) is 18.0 Å². The summed E-state index contributed by atoms with van der Waals surface area (Å²) in [6.07, 6.45) is 1.91. The van der Waals surface area contributed by atoms with Crippen molar-refractivity contribution in [2.45, 2.75) is 43.7 Å². The number of methoxy groups -OCH3 is 2. The summed E-state index contributed by atoms with van der Waals surface area (Å²) >= 11 is 3.51. The number of carbonyl (C=O) groups excluding carboxylic acids is 2. The summed E-state index contributed by atoms with van der Waals surface area (Å²) in [5.74, 6) is -0.108. The first-order chi connectivity index (χ1) is 22.7. The summed E-state index contributed by atoms with van der Waals surface area (Å²) in [6, 6.07) is 28.6. The maximum atomic E-state index is 14.6. The molecule has 1 unspecified atom stereocenters. The summed E-state index contributed by atoms with van der Waals surface area (Å²) in [7, 11) is -1.37. The number of para-hydroxylation sites is 2. The molecule has 0 radical (unpaired) electrons. The van der Waals surface area contributed by atoms with Crippen LogP contribution in [0.4, 0.5) is 5.69 Å². The fourth-order valence-electron chi connectivity index (χ4n) is 5.12. The molecule has 0 spiro atoms. The number of amides is 2. The Morgan fingerprint density at radius 1 is 0.851 bits per heavy atom. The van der Waals surface area contributed by atoms with Crippen molar-refractivity contribution in [1.29, 1.82) is 0 Å². The molecule has 0 saturated carbocycles. The van der Waals surface area contributed by atoms with E-state index in [1.165, 1.54) is 31.3 Å². The zero-order valence-corrected chi connectivity index (χ0v) is 29.2. The SMILES string of the molecule is CCCCNC(=O)C(Cc1ccccc1)N(Cc1cccc(Br)c1)C(=O)CN(c1ccccc1OC)S(=O)(=O)c1ccc(OC)cc1. The Morgan fingerprint density at radius 2 is 1.53 bits per heavy atom. The minimum atomic E-state index is -4.30. The van der Waals surface area contributed by atoms with Crippen LogP contribution in [0.2, 0.25) is 0 Å². The van der Waals surface area contributed by atoms with Gasteiger partial charge in [-0.15, -0.1) is 0 Å². The van der Waals surface area contributed by atoms with Crippen LogP contribution in [0.5, 0.6) is 11.5 Å². The third-order valence-electron chi connectivity index (χ3n) is 7.62. The zero-order chi connectivity index (χ0) is 33.8. The average molecular weight is 723 g/mol. The Balaban J connectivity index is 1.82. The van der Waals surface area contributed by atoms with Crippen LogP contribution in [-0.2, 0) is 32.6 Å². The quantitative estimate of drug-likeness (QED) is 0.138. The Kier molecular flexibility index (Phi) is 12.8. The van der Waals surface area contributed by atoms with Crippen LogP contribution in [0, 0.1) is 0 Å². The van der Waals surface area contributed by atoms with Crippen molar-refractivity contribution < 1.29 is 27.5 Å². The second-order valence-corrected chi connectivity index (χ2v) is 13.6. The molecule has 248 valence electrons. The third kappa shape index (κ3) is 9.36. The Morgan fingerprint density at radius 3 is 2.19 bits per heavy atom. The molecule has 0 bridgehead atoms. The molecule has 47 heavy (non-hydrogen) atoms. The number of hydrogen-bond acceptors (Lipinski definition) is 6. The molecule has 0 heterocycles. The number of benzene rings is 4. The van der Waals surface area contributed by atoms with Crippen LogP contribution in [0.15, 0.2) is 112 Å². The fraction of sp³-hybridized carbons (Fsp3) is 0.278. The summed E-state index contributed by atoms with van der Waals surface area (Å²) in [5, 5.41) is 3.00. The first kappa shape index (κ1) is 35.5. The van der Waals surface area contributed by atoms with Gasteiger partial charge in [0.05, 0.1) is 24.8 Å². The topological polar surface area (TPSA) is 105 Å². The molecule has 0 aliphatic carbocycles. The number of nitrogens with one attached hydrogen (secondary N) is 1. The van der Waals surface area contributed by atoms with Gasteiger partial charge in [-0.1, -0.05) is 83.9 Å². The minimum Gasteiger partial charge on any atom is -0.497 e. The van der Waals surface area contributed by atoms with E-state index in [1.54, 1.807) is 36.4 Å². The lowest BCUT2D eigenvalue weighted by Crippen LogP contribution is -2.53. The Labute approximate surface area is 285 Å². The number of nitrogens with zero attached hydrogens (tertiary/aromatic N) is 2. The molecule has 11 heteroatoms. The van der Waals surface area contributed by atoms with Gasteiger partial charge in [0, 0.05) is 24.0 Å². The van der Waals surface area contributed by atoms with Gasteiger partial charge >= 0.3 is 0 Å². The van der Waals surface area contributed by atoms with E-state index in [4.69, 9.17) is 9.47 Å². The van der Waals surface area contributed by atoms with E-state index in [0.717, 1.165) is 32.7 Å². The minimum absolute atomic E-state index is 0.0336. The highest BCUT2D eigenvalue weighted by molar-refractivity contribution is 9.10. The van der Waals surface area contributed by atoms with Crippen LogP contribution in [0.25, 0.3) is 0 Å². The molecule has 2 amide bonds. The van der Waals surface area contributed by atoms with E-state index in [-0.39, 0.29) is 35.2 Å². The molecule has 0 fully saturated rings. The highest BCUT2D eigenvalue weighted by Crippen LogP contribution is 2.33. The number of hydrogen-bond donors (Lipinski definition) is 1. The van der Waals surface area contributed by atoms with Gasteiger partial charge in [0.1, 0.15) is 24.1 Å². The van der Waals surface area contributed by atoms with Gasteiger partial charge in [-0.25, -0.2) is 8.42 Å². The van der Waals surface area contributed by atoms with E-state index in [2.05, 4.69) is 21.2 Å². The number of sulfonamides is 1. The molecule has 0 aliphatic rings. The van der Waals surface area contributed by atoms with Gasteiger partial charge in [0.15, 0.2) is 0 Å². The smallest absolute Gasteiger partial charge is 0.264 e. The molecule has 4 rings (SSSR count). The first-order valence-corrected chi connectivity index (χ1v) is 17.6. The lowest BCUT2D eigenvalue weighted by atomic mass is 10.0. The monoisotopic (exact) mass is 721 g/mol. The van der Waals surface area contributed by atoms with Crippen molar-refractivity contribution in [1.82, 2.24) is 10.2 Å². The van der Waals surface area contributed by atoms with Gasteiger partial charge in [-0.2, -0.15) is 0 Å². The van der Waals surface area contributed by atoms with Crippen molar-refractivity contribution in [2.75, 3.05) is 31.6 Å². The van der Waals surface area contributed by atoms with Gasteiger partial charge < -0.3 is 19.7 Å². The second-order valence-electron chi connectivity index (χ2n) is 10.9. The highest BCUT2D eigenvalue weighted by Gasteiger charge is 2.35. The maximum absolute atomic E-state index is 14.6. The van der Waals surface area contributed by atoms with Crippen LogP contribution >= 0.6 is 15.9 Å². The number of anilines is 1. The van der Waals surface area contributed by atoms with Gasteiger partial charge in [-0.3, -0.25) is 13.9 Å². The van der Waals surface area contributed by atoms with Gasteiger partial charge in [-0.05, 0) is 66.1 Å². The molecule has 1 atom stereocenters. The van der Waals surface area contributed by atoms with Crippen molar-refractivity contribution in [2.24, 2.45) is 0 Å². The van der Waals surface area contributed by atoms with E-state index in [0.29, 0.717) is 12.3 Å². The molecular weight excluding hydrogens is 682 g/mol. The second kappa shape index (κ2) is 17.0. The summed E-state index contributed by atoms with van der Waals surface area (Å²) in [5.41, 5.74) is 1.82. The third-order valence-corrected chi connectivity index (χ3v) is 9.89. The summed E-state index contributed by atoms with van der Waals surface area (Å²) < 4.78 is 41.2. The number of ether oxygens (including phenoxy) is 2. The summed E-state index contributed by atoms with van der Waals surface area (Å²) in [4.78, 5) is 30.0. The van der Waals surface area contributed by atoms with Crippen LogP contribution < -0.4 is 19.1 Å². The lowest BCUT2D eigenvalue weighted by Gasteiger charge is -2.34. The Bertz CT molecular complexity index is 1740. The standard InChI is InChI=1S/C36H40BrN3O6S/c1-4-5-22-38-36(42)33(24-27-12-7-6-8-13-27)39(25-28-14-11-15-29(37)23-28)35(41)26-40(32-16-9-10-17-34(32)46-3)47(43,44)31-20-18-30(45-2)19-21-31/h6-21,23,33H,4-5,22,24-26H2,1-3H3,(H,38,42). The molecule has 0 aliphatic heterocycles. The predicted octanol–water partition coefficient (Wildman–Crippen LogP) is 6.22. The molecular formula is C36H40BrN3O6S. The van der Waals surface area contributed by atoms with Gasteiger partial charge in [0.25, 0.3) is 10.0 Å². The molecule has 0 saturated heterocycles. The average Bonchev–Trinajstić information content (AvgIpc) is 3.09. The maximum Gasteiger partial charge on any atom is 0.264 e. The van der Waals surface area contributed by atoms with E-state index < -0.39 is 28.5 Å². The van der Waals surface area contributed by atoms with Crippen molar-refractivity contribution in [3.05, 3.63) is 119 Å². The largest absolute Gasteiger partial charge is 0.497 e. The molecule has 9 nitrogen and oxygen atoms in total. The lowest BCUT2D eigenvalue weighted by molar-refractivity contribution is -0.140. The van der Waals surface area contributed by atoms with Gasteiger partial charge in [0.2, 0.25) is 11.8 Å². The molecule has 0 aromatic heterocycles. The van der Waals surface area contributed by atoms with Crippen LogP contribution in [0.1, 0.15) is 30.9 Å². The molecule has 1 N–H and O–H groups in total. The predicted molar refractivity (Wildman–Crippen MR) is 187 cm³/mol. The van der Waals surface area contributed by atoms with E-state index >= 15 is 0 Å². The first-order valence-electron chi connectivity index (χ1n) is 15.3. The number of carbonyl (C=O) groups is 2. The molecule has 4 aromatic rings. The molecule has 4 aromatic carbocycles. The number of rotatable bonds is 16. The Hall–Kier alpha value is -4.35. The number of halogens is 1. The van der Waals surface area contributed by atoms with Crippen molar-refractivity contribution in [3.8, 4) is 11.5 Å². The zero-order valence-electron chi connectivity index (χ0n) is 26.8. The highest BCUT2D eigenvalue weighted by atomic mass is 79.9. The number of unbranched alkanes of at least 4 members (excludes halogenated alkanes) is 1. The van der Waals surface area contributed by atoms with E-state index in [1.807, 2.05) is 61.5 Å².